The molecule has 2 rings (SSSR count). The van der Waals surface area contributed by atoms with Crippen molar-refractivity contribution in [3.05, 3.63) is 35.9 Å². The van der Waals surface area contributed by atoms with Crippen molar-refractivity contribution in [1.29, 1.82) is 5.41 Å². The van der Waals surface area contributed by atoms with Gasteiger partial charge in [-0.15, -0.1) is 0 Å². The quantitative estimate of drug-likeness (QED) is 0.643. The fourth-order valence-electron chi connectivity index (χ4n) is 1.94. The number of rotatable bonds is 3. The van der Waals surface area contributed by atoms with Gasteiger partial charge in [-0.25, -0.2) is 5.41 Å². The zero-order valence-corrected chi connectivity index (χ0v) is 10.3. The van der Waals surface area contributed by atoms with Gasteiger partial charge in [-0.1, -0.05) is 30.3 Å². The van der Waals surface area contributed by atoms with E-state index in [1.54, 1.807) is 5.16 Å². The van der Waals surface area contributed by atoms with Gasteiger partial charge in [0.25, 0.3) is 0 Å². The van der Waals surface area contributed by atoms with Crippen molar-refractivity contribution < 1.29 is 0 Å². The van der Waals surface area contributed by atoms with E-state index in [2.05, 4.69) is 47.4 Å². The fourth-order valence-corrected chi connectivity index (χ4v) is 1.94. The Hall–Kier alpha value is -1.02. The smallest absolute Gasteiger partial charge is 0.0554 e. The summed E-state index contributed by atoms with van der Waals surface area (Å²) in [5, 5.41) is 7.36. The molecule has 0 atom stereocenters. The molecule has 1 aromatic carbocycles. The number of nitrogens with one attached hydrogen (secondary N) is 1. The third-order valence-corrected chi connectivity index (χ3v) is 2.76. The average molecular weight is 234 g/mol. The molecule has 1 fully saturated rings. The molecule has 1 aliphatic heterocycles. The Bertz CT molecular complexity index is 312. The molecule has 1 aliphatic rings. The molecule has 2 nitrogen and oxygen atoms in total. The Morgan fingerprint density at radius 2 is 1.75 bits per heavy atom. The molecule has 16 heavy (non-hydrogen) atoms. The second-order valence-electron chi connectivity index (χ2n) is 3.89. The van der Waals surface area contributed by atoms with Crippen LogP contribution in [0.3, 0.4) is 0 Å². The monoisotopic (exact) mass is 234 g/mol. The summed E-state index contributed by atoms with van der Waals surface area (Å²) < 4.78 is 0. The van der Waals surface area contributed by atoms with E-state index in [1.807, 2.05) is 0 Å². The minimum absolute atomic E-state index is 1.21. The van der Waals surface area contributed by atoms with E-state index in [1.165, 1.54) is 44.5 Å². The van der Waals surface area contributed by atoms with Crippen molar-refractivity contribution in [1.82, 2.24) is 4.90 Å². The molecule has 1 aromatic rings. The summed E-state index contributed by atoms with van der Waals surface area (Å²) in [5.41, 5.74) is 1.47. The molecule has 86 valence electrons. The highest BCUT2D eigenvalue weighted by molar-refractivity contribution is 7.78. The Kier molecular flexibility index (Phi) is 6.66. The lowest BCUT2D eigenvalue weighted by molar-refractivity contribution is 0.343. The summed E-state index contributed by atoms with van der Waals surface area (Å²) in [6.07, 6.45) is 4.00. The maximum atomic E-state index is 5.77. The van der Waals surface area contributed by atoms with Gasteiger partial charge in [0.15, 0.2) is 0 Å². The number of nitrogens with zero attached hydrogens (tertiary/aromatic N) is 1. The lowest BCUT2D eigenvalue weighted by Gasteiger charge is -2.13. The lowest BCUT2D eigenvalue weighted by atomic mass is 10.1. The molecule has 0 aliphatic carbocycles. The van der Waals surface area contributed by atoms with Gasteiger partial charge in [0.2, 0.25) is 0 Å². The van der Waals surface area contributed by atoms with E-state index in [-0.39, 0.29) is 0 Å². The van der Waals surface area contributed by atoms with Gasteiger partial charge >= 0.3 is 0 Å². The van der Waals surface area contributed by atoms with Crippen LogP contribution in [0.4, 0.5) is 0 Å². The number of thiocarbonyl (C=S) groups is 1. The third kappa shape index (κ3) is 5.17. The van der Waals surface area contributed by atoms with Gasteiger partial charge < -0.3 is 4.90 Å². The van der Waals surface area contributed by atoms with Crippen LogP contribution in [0, 0.1) is 5.41 Å². The van der Waals surface area contributed by atoms with Crippen LogP contribution < -0.4 is 0 Å². The standard InChI is InChI=1S/C12H17N.CHNS/c1-2-6-12(7-3-1)8-11-13-9-4-5-10-13;2-1-3/h1-3,6-7H,4-5,8-11H2;2H. The van der Waals surface area contributed by atoms with Crippen molar-refractivity contribution in [3.8, 4) is 0 Å². The molecule has 0 amide bonds. The highest BCUT2D eigenvalue weighted by Gasteiger charge is 2.10. The van der Waals surface area contributed by atoms with Crippen LogP contribution in [0.5, 0.6) is 0 Å². The minimum Gasteiger partial charge on any atom is -0.303 e. The van der Waals surface area contributed by atoms with Crippen LogP contribution >= 0.6 is 12.2 Å². The van der Waals surface area contributed by atoms with Crippen molar-refractivity contribution in [2.24, 2.45) is 0 Å². The molecular weight excluding hydrogens is 216 g/mol. The summed E-state index contributed by atoms with van der Waals surface area (Å²) >= 11 is 3.81. The van der Waals surface area contributed by atoms with Gasteiger partial charge in [-0.05, 0) is 50.1 Å². The van der Waals surface area contributed by atoms with E-state index in [9.17, 15) is 0 Å². The van der Waals surface area contributed by atoms with Gasteiger partial charge in [0.1, 0.15) is 0 Å². The summed E-state index contributed by atoms with van der Waals surface area (Å²) in [5.74, 6) is 0. The molecule has 0 spiro atoms. The minimum atomic E-state index is 1.21. The third-order valence-electron chi connectivity index (χ3n) is 2.76. The molecule has 0 aromatic heterocycles. The van der Waals surface area contributed by atoms with Crippen LogP contribution in [-0.4, -0.2) is 29.7 Å². The van der Waals surface area contributed by atoms with Crippen LogP contribution in [0.2, 0.25) is 0 Å². The van der Waals surface area contributed by atoms with E-state index in [0.29, 0.717) is 0 Å². The average Bonchev–Trinajstić information content (AvgIpc) is 2.82. The topological polar surface area (TPSA) is 27.1 Å². The first-order valence-corrected chi connectivity index (χ1v) is 6.08. The van der Waals surface area contributed by atoms with Crippen LogP contribution in [0.1, 0.15) is 18.4 Å². The zero-order chi connectivity index (χ0) is 11.6. The largest absolute Gasteiger partial charge is 0.303 e. The summed E-state index contributed by atoms with van der Waals surface area (Å²) in [6.45, 7) is 3.86. The lowest BCUT2D eigenvalue weighted by Crippen LogP contribution is -2.21. The highest BCUT2D eigenvalue weighted by Crippen LogP contribution is 2.08. The summed E-state index contributed by atoms with van der Waals surface area (Å²) in [4.78, 5) is 2.56. The molecule has 0 radical (unpaired) electrons. The Morgan fingerprint density at radius 3 is 2.31 bits per heavy atom. The molecule has 3 heteroatoms. The van der Waals surface area contributed by atoms with E-state index >= 15 is 0 Å². The Balaban J connectivity index is 0.000000386. The van der Waals surface area contributed by atoms with Gasteiger partial charge in [-0.2, -0.15) is 0 Å². The van der Waals surface area contributed by atoms with Crippen molar-refractivity contribution in [3.63, 3.8) is 0 Å². The maximum absolute atomic E-state index is 5.77. The molecular formula is C13H18N2S. The number of hydrogen-bond donors (Lipinski definition) is 1. The van der Waals surface area contributed by atoms with Gasteiger partial charge in [0, 0.05) is 6.54 Å². The highest BCUT2D eigenvalue weighted by atomic mass is 32.1. The van der Waals surface area contributed by atoms with E-state index < -0.39 is 0 Å². The summed E-state index contributed by atoms with van der Waals surface area (Å²) in [7, 11) is 0. The predicted octanol–water partition coefficient (Wildman–Crippen LogP) is 2.99. The second kappa shape index (κ2) is 8.17. The first-order valence-electron chi connectivity index (χ1n) is 5.67. The maximum Gasteiger partial charge on any atom is 0.0554 e. The number of hydrogen-bond acceptors (Lipinski definition) is 3. The first-order chi connectivity index (χ1) is 7.86. The van der Waals surface area contributed by atoms with Gasteiger partial charge in [-0.3, -0.25) is 0 Å². The summed E-state index contributed by atoms with van der Waals surface area (Å²) in [6, 6.07) is 10.8. The molecule has 0 unspecified atom stereocenters. The molecule has 1 N–H and O–H groups in total. The van der Waals surface area contributed by atoms with Crippen molar-refractivity contribution in [2.45, 2.75) is 19.3 Å². The van der Waals surface area contributed by atoms with E-state index in [4.69, 9.17) is 5.41 Å². The van der Waals surface area contributed by atoms with Crippen LogP contribution in [0.15, 0.2) is 30.3 Å². The SMILES string of the molecule is N=C=S.c1ccc(CCN2CCCC2)cc1. The van der Waals surface area contributed by atoms with Crippen LogP contribution in [0.25, 0.3) is 0 Å². The second-order valence-corrected chi connectivity index (χ2v) is 4.09. The van der Waals surface area contributed by atoms with Gasteiger partial charge in [0.05, 0.1) is 5.16 Å². The first kappa shape index (κ1) is 13.0. The van der Waals surface area contributed by atoms with Crippen molar-refractivity contribution >= 4 is 17.4 Å². The fraction of sp³-hybridized carbons (Fsp3) is 0.462. The normalized spacial score (nSPS) is 15.0. The number of likely N-dealkylation sites (tertiary alicyclic amines) is 1. The Morgan fingerprint density at radius 1 is 1.19 bits per heavy atom. The number of benzene rings is 1. The number of isothiocyanates is 1. The molecule has 1 heterocycles. The van der Waals surface area contributed by atoms with Crippen LogP contribution in [-0.2, 0) is 6.42 Å². The Labute approximate surface area is 103 Å². The van der Waals surface area contributed by atoms with Crippen molar-refractivity contribution in [2.75, 3.05) is 19.6 Å². The molecule has 1 saturated heterocycles. The van der Waals surface area contributed by atoms with E-state index in [0.717, 1.165) is 0 Å². The molecule has 0 bridgehead atoms. The molecule has 0 saturated carbocycles. The zero-order valence-electron chi connectivity index (χ0n) is 9.48. The predicted molar refractivity (Wildman–Crippen MR) is 71.1 cm³/mol.